The van der Waals surface area contributed by atoms with Gasteiger partial charge in [-0.25, -0.2) is 4.98 Å². The van der Waals surface area contributed by atoms with E-state index in [0.717, 1.165) is 14.2 Å². The Labute approximate surface area is 133 Å². The summed E-state index contributed by atoms with van der Waals surface area (Å²) in [4.78, 5) is 17.1. The number of aryl methyl sites for hydroxylation is 1. The lowest BCUT2D eigenvalue weighted by Gasteiger charge is -2.00. The van der Waals surface area contributed by atoms with Gasteiger partial charge in [0.25, 0.3) is 0 Å². The van der Waals surface area contributed by atoms with Crippen LogP contribution in [0, 0.1) is 6.92 Å². The van der Waals surface area contributed by atoms with Crippen molar-refractivity contribution in [2.45, 2.75) is 6.92 Å². The third-order valence-electron chi connectivity index (χ3n) is 2.75. The predicted octanol–water partition coefficient (Wildman–Crippen LogP) is 4.61. The number of thiophene rings is 1. The summed E-state index contributed by atoms with van der Waals surface area (Å²) in [6, 6.07) is 9.27. The summed E-state index contributed by atoms with van der Waals surface area (Å²) < 4.78 is 6.43. The molecule has 0 atom stereocenters. The second-order valence-corrected chi connectivity index (χ2v) is 6.87. The Hall–Kier alpha value is -1.92. The van der Waals surface area contributed by atoms with E-state index in [1.165, 1.54) is 6.08 Å². The lowest BCUT2D eigenvalue weighted by molar-refractivity contribution is -0.111. The molecule has 1 N–H and O–H groups in total. The van der Waals surface area contributed by atoms with E-state index in [1.807, 2.05) is 12.1 Å². The van der Waals surface area contributed by atoms with Gasteiger partial charge in [-0.1, -0.05) is 0 Å². The third-order valence-corrected chi connectivity index (χ3v) is 4.34. The lowest BCUT2D eigenvalue weighted by Crippen LogP contribution is -2.07. The molecular formula is C15H11BrN2O2S. The Morgan fingerprint density at radius 3 is 3.00 bits per heavy atom. The summed E-state index contributed by atoms with van der Waals surface area (Å²) in [6.45, 7) is 1.79. The number of anilines is 1. The van der Waals surface area contributed by atoms with Crippen LogP contribution in [0.2, 0.25) is 0 Å². The minimum absolute atomic E-state index is 0.181. The van der Waals surface area contributed by atoms with Gasteiger partial charge >= 0.3 is 0 Å². The highest BCUT2D eigenvalue weighted by atomic mass is 79.9. The summed E-state index contributed by atoms with van der Waals surface area (Å²) >= 11 is 4.95. The van der Waals surface area contributed by atoms with Crippen molar-refractivity contribution in [1.29, 1.82) is 0 Å². The molecule has 0 aliphatic heterocycles. The van der Waals surface area contributed by atoms with Crippen molar-refractivity contribution in [3.63, 3.8) is 0 Å². The maximum absolute atomic E-state index is 11.9. The van der Waals surface area contributed by atoms with Crippen molar-refractivity contribution >= 4 is 56.0 Å². The minimum atomic E-state index is -0.181. The van der Waals surface area contributed by atoms with Gasteiger partial charge in [0.2, 0.25) is 5.91 Å². The number of aromatic nitrogens is 1. The van der Waals surface area contributed by atoms with Gasteiger partial charge in [-0.05, 0) is 52.3 Å². The number of carbonyl (C=O) groups is 1. The molecule has 21 heavy (non-hydrogen) atoms. The first kappa shape index (κ1) is 14.0. The Balaban J connectivity index is 1.72. The first-order valence-corrected chi connectivity index (χ1v) is 7.83. The first-order valence-electron chi connectivity index (χ1n) is 6.22. The van der Waals surface area contributed by atoms with E-state index >= 15 is 0 Å². The maximum Gasteiger partial charge on any atom is 0.248 e. The molecule has 0 radical (unpaired) electrons. The summed E-state index contributed by atoms with van der Waals surface area (Å²) in [7, 11) is 0. The molecule has 0 aliphatic rings. The molecule has 2 heterocycles. The van der Waals surface area contributed by atoms with E-state index in [0.29, 0.717) is 17.2 Å². The van der Waals surface area contributed by atoms with Crippen LogP contribution in [0.5, 0.6) is 0 Å². The number of halogens is 1. The van der Waals surface area contributed by atoms with E-state index in [4.69, 9.17) is 4.42 Å². The third kappa shape index (κ3) is 3.40. The monoisotopic (exact) mass is 362 g/mol. The number of hydrogen-bond acceptors (Lipinski definition) is 4. The zero-order chi connectivity index (χ0) is 14.8. The predicted molar refractivity (Wildman–Crippen MR) is 88.4 cm³/mol. The summed E-state index contributed by atoms with van der Waals surface area (Å²) in [6.07, 6.45) is 3.29. The van der Waals surface area contributed by atoms with Crippen LogP contribution in [0.1, 0.15) is 10.8 Å². The molecule has 1 amide bonds. The van der Waals surface area contributed by atoms with Crippen LogP contribution in [0.3, 0.4) is 0 Å². The molecule has 0 fully saturated rings. The van der Waals surface area contributed by atoms with E-state index in [2.05, 4.69) is 26.2 Å². The summed E-state index contributed by atoms with van der Waals surface area (Å²) in [5.41, 5.74) is 2.14. The fourth-order valence-corrected chi connectivity index (χ4v) is 3.21. The fourth-order valence-electron chi connectivity index (χ4n) is 1.88. The topological polar surface area (TPSA) is 55.1 Å². The number of hydrogen-bond donors (Lipinski definition) is 1. The molecule has 3 aromatic rings. The fraction of sp³-hybridized carbons (Fsp3) is 0.0667. The molecule has 106 valence electrons. The number of benzene rings is 1. The second kappa shape index (κ2) is 5.83. The van der Waals surface area contributed by atoms with Gasteiger partial charge < -0.3 is 9.73 Å². The molecule has 6 heteroatoms. The molecule has 0 aliphatic carbocycles. The second-order valence-electron chi connectivity index (χ2n) is 4.38. The van der Waals surface area contributed by atoms with Crippen LogP contribution in [0.4, 0.5) is 5.69 Å². The van der Waals surface area contributed by atoms with Gasteiger partial charge in [-0.15, -0.1) is 11.3 Å². The van der Waals surface area contributed by atoms with Crippen LogP contribution >= 0.6 is 27.3 Å². The van der Waals surface area contributed by atoms with Crippen LogP contribution in [0.25, 0.3) is 17.2 Å². The standard InChI is InChI=1S/C15H11BrN2O2S/c1-9-17-12-8-10(2-5-13(12)20-9)18-15(19)7-4-11-3-6-14(16)21-11/h2-8H,1H3,(H,18,19)/b7-4+. The first-order chi connectivity index (χ1) is 10.1. The molecule has 3 rings (SSSR count). The Morgan fingerprint density at radius 1 is 1.38 bits per heavy atom. The minimum Gasteiger partial charge on any atom is -0.441 e. The highest BCUT2D eigenvalue weighted by molar-refractivity contribution is 9.11. The van der Waals surface area contributed by atoms with Gasteiger partial charge in [0, 0.05) is 23.6 Å². The van der Waals surface area contributed by atoms with Crippen LogP contribution in [-0.2, 0) is 4.79 Å². The molecular weight excluding hydrogens is 352 g/mol. The smallest absolute Gasteiger partial charge is 0.248 e. The van der Waals surface area contributed by atoms with Crippen molar-refractivity contribution in [3.05, 3.63) is 51.0 Å². The van der Waals surface area contributed by atoms with Gasteiger partial charge in [0.05, 0.1) is 3.79 Å². The van der Waals surface area contributed by atoms with Crippen molar-refractivity contribution in [2.24, 2.45) is 0 Å². The molecule has 0 spiro atoms. The summed E-state index contributed by atoms with van der Waals surface area (Å²) in [5, 5.41) is 2.81. The highest BCUT2D eigenvalue weighted by Gasteiger charge is 2.04. The molecule has 0 unspecified atom stereocenters. The quantitative estimate of drug-likeness (QED) is 0.692. The van der Waals surface area contributed by atoms with Gasteiger partial charge in [0.15, 0.2) is 11.5 Å². The Kier molecular flexibility index (Phi) is 3.90. The number of oxazole rings is 1. The molecule has 0 saturated heterocycles. The Bertz CT molecular complexity index is 835. The van der Waals surface area contributed by atoms with E-state index in [-0.39, 0.29) is 5.91 Å². The zero-order valence-electron chi connectivity index (χ0n) is 11.1. The number of fused-ring (bicyclic) bond motifs is 1. The number of nitrogens with zero attached hydrogens (tertiary/aromatic N) is 1. The molecule has 0 bridgehead atoms. The number of rotatable bonds is 3. The maximum atomic E-state index is 11.9. The molecule has 2 aromatic heterocycles. The van der Waals surface area contributed by atoms with Gasteiger partial charge in [-0.2, -0.15) is 0 Å². The van der Waals surface area contributed by atoms with Crippen molar-refractivity contribution in [2.75, 3.05) is 5.32 Å². The van der Waals surface area contributed by atoms with Crippen LogP contribution in [0.15, 0.2) is 44.6 Å². The highest BCUT2D eigenvalue weighted by Crippen LogP contribution is 2.23. The number of nitrogens with one attached hydrogen (secondary N) is 1. The SMILES string of the molecule is Cc1nc2cc(NC(=O)/C=C/c3ccc(Br)s3)ccc2o1. The molecule has 0 saturated carbocycles. The largest absolute Gasteiger partial charge is 0.441 e. The van der Waals surface area contributed by atoms with Crippen LogP contribution in [-0.4, -0.2) is 10.9 Å². The van der Waals surface area contributed by atoms with Crippen LogP contribution < -0.4 is 5.32 Å². The van der Waals surface area contributed by atoms with Crippen molar-refractivity contribution in [1.82, 2.24) is 4.98 Å². The zero-order valence-corrected chi connectivity index (χ0v) is 13.5. The normalized spacial score (nSPS) is 11.3. The van der Waals surface area contributed by atoms with Crippen molar-refractivity contribution in [3.8, 4) is 0 Å². The number of amides is 1. The van der Waals surface area contributed by atoms with Crippen molar-refractivity contribution < 1.29 is 9.21 Å². The van der Waals surface area contributed by atoms with E-state index < -0.39 is 0 Å². The molecule has 1 aromatic carbocycles. The average Bonchev–Trinajstić information content (AvgIpc) is 3.01. The average molecular weight is 363 g/mol. The van der Waals surface area contributed by atoms with Gasteiger partial charge in [0.1, 0.15) is 5.52 Å². The van der Waals surface area contributed by atoms with E-state index in [1.54, 1.807) is 42.5 Å². The lowest BCUT2D eigenvalue weighted by atomic mass is 10.3. The molecule has 4 nitrogen and oxygen atoms in total. The van der Waals surface area contributed by atoms with Gasteiger partial charge in [-0.3, -0.25) is 4.79 Å². The number of carbonyl (C=O) groups excluding carboxylic acids is 1. The van der Waals surface area contributed by atoms with E-state index in [9.17, 15) is 4.79 Å². The summed E-state index contributed by atoms with van der Waals surface area (Å²) in [5.74, 6) is 0.427. The Morgan fingerprint density at radius 2 is 2.24 bits per heavy atom.